The van der Waals surface area contributed by atoms with Crippen molar-refractivity contribution in [3.63, 3.8) is 0 Å². The van der Waals surface area contributed by atoms with Crippen LogP contribution in [0.4, 0.5) is 0 Å². The SMILES string of the molecule is Cc1nonc1COc1ccccc1C(=O)N1CCN(C)C[C@@H](Cc2ccc3ncccc3c2)C1. The van der Waals surface area contributed by atoms with Crippen molar-refractivity contribution in [1.82, 2.24) is 25.1 Å². The lowest BCUT2D eigenvalue weighted by molar-refractivity contribution is 0.0741. The highest BCUT2D eigenvalue weighted by atomic mass is 16.6. The summed E-state index contributed by atoms with van der Waals surface area (Å²) in [7, 11) is 2.12. The van der Waals surface area contributed by atoms with Crippen LogP contribution in [-0.4, -0.2) is 64.2 Å². The average molecular weight is 472 g/mol. The van der Waals surface area contributed by atoms with Gasteiger partial charge < -0.3 is 14.5 Å². The highest BCUT2D eigenvalue weighted by molar-refractivity contribution is 5.97. The van der Waals surface area contributed by atoms with Gasteiger partial charge in [0.15, 0.2) is 0 Å². The van der Waals surface area contributed by atoms with E-state index in [2.05, 4.69) is 51.5 Å². The quantitative estimate of drug-likeness (QED) is 0.423. The second-order valence-electron chi connectivity index (χ2n) is 9.20. The number of aryl methyl sites for hydroxylation is 1. The highest BCUT2D eigenvalue weighted by Crippen LogP contribution is 2.24. The van der Waals surface area contributed by atoms with E-state index in [1.807, 2.05) is 48.4 Å². The Kier molecular flexibility index (Phi) is 6.72. The van der Waals surface area contributed by atoms with E-state index in [9.17, 15) is 4.79 Å². The van der Waals surface area contributed by atoms with E-state index in [0.717, 1.165) is 30.4 Å². The lowest BCUT2D eigenvalue weighted by Gasteiger charge is -2.25. The normalized spacial score (nSPS) is 16.9. The number of fused-ring (bicyclic) bond motifs is 1. The number of amides is 1. The fraction of sp³-hybridized carbons (Fsp3) is 0.333. The zero-order valence-electron chi connectivity index (χ0n) is 20.1. The number of pyridine rings is 1. The first kappa shape index (κ1) is 23.0. The summed E-state index contributed by atoms with van der Waals surface area (Å²) in [4.78, 5) is 22.3. The fourth-order valence-electron chi connectivity index (χ4n) is 4.65. The summed E-state index contributed by atoms with van der Waals surface area (Å²) in [6, 6.07) is 17.9. The molecular weight excluding hydrogens is 442 g/mol. The first-order valence-electron chi connectivity index (χ1n) is 11.9. The number of benzene rings is 2. The molecule has 8 heteroatoms. The van der Waals surface area contributed by atoms with Gasteiger partial charge in [0.25, 0.3) is 5.91 Å². The summed E-state index contributed by atoms with van der Waals surface area (Å²) in [6.45, 7) is 5.14. The summed E-state index contributed by atoms with van der Waals surface area (Å²) in [6.07, 6.45) is 2.71. The van der Waals surface area contributed by atoms with E-state index in [4.69, 9.17) is 9.37 Å². The van der Waals surface area contributed by atoms with Crippen molar-refractivity contribution in [3.05, 3.63) is 83.3 Å². The smallest absolute Gasteiger partial charge is 0.257 e. The van der Waals surface area contributed by atoms with Gasteiger partial charge in [0.1, 0.15) is 23.7 Å². The van der Waals surface area contributed by atoms with Crippen molar-refractivity contribution in [2.75, 3.05) is 33.2 Å². The minimum atomic E-state index is -0.0152. The first-order chi connectivity index (χ1) is 17.1. The van der Waals surface area contributed by atoms with Crippen LogP contribution in [0, 0.1) is 12.8 Å². The molecule has 0 radical (unpaired) electrons. The van der Waals surface area contributed by atoms with Crippen LogP contribution in [0.1, 0.15) is 27.3 Å². The lowest BCUT2D eigenvalue weighted by atomic mass is 9.97. The molecule has 0 saturated carbocycles. The molecule has 1 fully saturated rings. The minimum absolute atomic E-state index is 0.0152. The standard InChI is InChI=1S/C27H29N5O3/c1-19-25(30-35-29-19)18-34-26-8-4-3-7-23(26)27(33)32-13-12-31(2)16-21(17-32)14-20-9-10-24-22(15-20)6-5-11-28-24/h3-11,15,21H,12-14,16-18H2,1-2H3/t21-/m1/s1. The van der Waals surface area contributed by atoms with Gasteiger partial charge in [0.05, 0.1) is 11.1 Å². The molecule has 1 aliphatic heterocycles. The Hall–Kier alpha value is -3.78. The molecule has 8 nitrogen and oxygen atoms in total. The number of aromatic nitrogens is 3. The Morgan fingerprint density at radius 2 is 1.97 bits per heavy atom. The molecule has 2 aromatic heterocycles. The van der Waals surface area contributed by atoms with Crippen LogP contribution in [-0.2, 0) is 13.0 Å². The minimum Gasteiger partial charge on any atom is -0.486 e. The van der Waals surface area contributed by atoms with Gasteiger partial charge in [-0.05, 0) is 62.2 Å². The van der Waals surface area contributed by atoms with Crippen LogP contribution in [0.3, 0.4) is 0 Å². The summed E-state index contributed by atoms with van der Waals surface area (Å²) in [5.41, 5.74) is 4.12. The average Bonchev–Trinajstić information content (AvgIpc) is 3.19. The molecular formula is C27H29N5O3. The highest BCUT2D eigenvalue weighted by Gasteiger charge is 2.27. The molecule has 4 aromatic rings. The van der Waals surface area contributed by atoms with Crippen molar-refractivity contribution in [2.24, 2.45) is 5.92 Å². The van der Waals surface area contributed by atoms with E-state index in [-0.39, 0.29) is 12.5 Å². The van der Waals surface area contributed by atoms with E-state index in [0.29, 0.717) is 41.7 Å². The maximum absolute atomic E-state index is 13.7. The van der Waals surface area contributed by atoms with Crippen molar-refractivity contribution >= 4 is 16.8 Å². The number of rotatable bonds is 6. The lowest BCUT2D eigenvalue weighted by Crippen LogP contribution is -2.36. The number of ether oxygens (including phenoxy) is 1. The van der Waals surface area contributed by atoms with Crippen molar-refractivity contribution in [2.45, 2.75) is 20.0 Å². The molecule has 0 unspecified atom stereocenters. The number of para-hydroxylation sites is 1. The molecule has 1 saturated heterocycles. The van der Waals surface area contributed by atoms with E-state index in [1.165, 1.54) is 5.56 Å². The second-order valence-corrected chi connectivity index (χ2v) is 9.20. The predicted molar refractivity (Wildman–Crippen MR) is 132 cm³/mol. The molecule has 1 atom stereocenters. The molecule has 5 rings (SSSR count). The number of nitrogens with zero attached hydrogens (tertiary/aromatic N) is 5. The van der Waals surface area contributed by atoms with E-state index in [1.54, 1.807) is 0 Å². The predicted octanol–water partition coefficient (Wildman–Crippen LogP) is 3.75. The Balaban J connectivity index is 1.32. The third kappa shape index (κ3) is 5.33. The summed E-state index contributed by atoms with van der Waals surface area (Å²) in [5, 5.41) is 8.80. The van der Waals surface area contributed by atoms with Gasteiger partial charge in [-0.25, -0.2) is 4.63 Å². The number of hydrogen-bond donors (Lipinski definition) is 0. The maximum atomic E-state index is 13.7. The molecule has 180 valence electrons. The topological polar surface area (TPSA) is 84.6 Å². The molecule has 2 aromatic carbocycles. The Bertz CT molecular complexity index is 1320. The van der Waals surface area contributed by atoms with Crippen LogP contribution >= 0.6 is 0 Å². The third-order valence-corrected chi connectivity index (χ3v) is 6.51. The summed E-state index contributed by atoms with van der Waals surface area (Å²) >= 11 is 0. The van der Waals surface area contributed by atoms with Gasteiger partial charge in [-0.15, -0.1) is 0 Å². The van der Waals surface area contributed by atoms with E-state index >= 15 is 0 Å². The summed E-state index contributed by atoms with van der Waals surface area (Å²) in [5.74, 6) is 0.840. The van der Waals surface area contributed by atoms with Crippen LogP contribution in [0.25, 0.3) is 10.9 Å². The van der Waals surface area contributed by atoms with Crippen LogP contribution in [0.2, 0.25) is 0 Å². The van der Waals surface area contributed by atoms with Crippen LogP contribution < -0.4 is 4.74 Å². The largest absolute Gasteiger partial charge is 0.486 e. The Morgan fingerprint density at radius 1 is 1.09 bits per heavy atom. The van der Waals surface area contributed by atoms with Gasteiger partial charge >= 0.3 is 0 Å². The maximum Gasteiger partial charge on any atom is 0.257 e. The third-order valence-electron chi connectivity index (χ3n) is 6.51. The number of likely N-dealkylation sites (N-methyl/N-ethyl adjacent to an activating group) is 1. The zero-order chi connectivity index (χ0) is 24.2. The second kappa shape index (κ2) is 10.2. The van der Waals surface area contributed by atoms with Gasteiger partial charge in [-0.1, -0.05) is 34.6 Å². The number of carbonyl (C=O) groups is 1. The molecule has 35 heavy (non-hydrogen) atoms. The van der Waals surface area contributed by atoms with Gasteiger partial charge in [0.2, 0.25) is 0 Å². The van der Waals surface area contributed by atoms with Gasteiger partial charge in [0, 0.05) is 37.8 Å². The van der Waals surface area contributed by atoms with Gasteiger partial charge in [-0.2, -0.15) is 0 Å². The molecule has 0 aliphatic carbocycles. The van der Waals surface area contributed by atoms with Crippen LogP contribution in [0.15, 0.2) is 65.4 Å². The number of hydrogen-bond acceptors (Lipinski definition) is 7. The molecule has 1 amide bonds. The van der Waals surface area contributed by atoms with E-state index < -0.39 is 0 Å². The molecule has 0 bridgehead atoms. The van der Waals surface area contributed by atoms with Crippen LogP contribution in [0.5, 0.6) is 5.75 Å². The molecule has 3 heterocycles. The molecule has 0 spiro atoms. The summed E-state index contributed by atoms with van der Waals surface area (Å²) < 4.78 is 10.7. The Labute approximate surface area is 204 Å². The molecule has 0 N–H and O–H groups in total. The van der Waals surface area contributed by atoms with Gasteiger partial charge in [-0.3, -0.25) is 9.78 Å². The first-order valence-corrected chi connectivity index (χ1v) is 11.9. The van der Waals surface area contributed by atoms with Crippen molar-refractivity contribution in [1.29, 1.82) is 0 Å². The fourth-order valence-corrected chi connectivity index (χ4v) is 4.65. The number of carbonyl (C=O) groups excluding carboxylic acids is 1. The molecule has 1 aliphatic rings. The Morgan fingerprint density at radius 3 is 2.83 bits per heavy atom. The zero-order valence-corrected chi connectivity index (χ0v) is 20.1. The van der Waals surface area contributed by atoms with Crippen molar-refractivity contribution in [3.8, 4) is 5.75 Å². The monoisotopic (exact) mass is 471 g/mol. The van der Waals surface area contributed by atoms with Crippen molar-refractivity contribution < 1.29 is 14.2 Å².